The maximum atomic E-state index is 12.9. The third-order valence-corrected chi connectivity index (χ3v) is 4.71. The lowest BCUT2D eigenvalue weighted by Gasteiger charge is -2.32. The molecule has 1 amide bonds. The van der Waals surface area contributed by atoms with Gasteiger partial charge in [-0.15, -0.1) is 0 Å². The Bertz CT molecular complexity index is 731. The number of rotatable bonds is 3. The molecule has 2 heterocycles. The van der Waals surface area contributed by atoms with E-state index in [1.807, 2.05) is 12.1 Å². The van der Waals surface area contributed by atoms with E-state index in [0.717, 1.165) is 6.07 Å². The van der Waals surface area contributed by atoms with E-state index in [1.54, 1.807) is 0 Å². The van der Waals surface area contributed by atoms with Crippen LogP contribution in [0.25, 0.3) is 0 Å². The summed E-state index contributed by atoms with van der Waals surface area (Å²) in [6.07, 6.45) is -2.18. The molecule has 1 aromatic heterocycles. The van der Waals surface area contributed by atoms with Crippen LogP contribution in [0.2, 0.25) is 0 Å². The predicted octanol–water partition coefficient (Wildman–Crippen LogP) is 2.75. The minimum atomic E-state index is -4.59. The number of halogens is 3. The van der Waals surface area contributed by atoms with E-state index < -0.39 is 23.7 Å². The largest absolute Gasteiger partial charge is 0.435 e. The van der Waals surface area contributed by atoms with Crippen LogP contribution in [0.15, 0.2) is 6.07 Å². The molecule has 1 aliphatic carbocycles. The average Bonchev–Trinajstić information content (AvgIpc) is 3.33. The molecule has 2 fully saturated rings. The highest BCUT2D eigenvalue weighted by atomic mass is 19.4. The van der Waals surface area contributed by atoms with Crippen molar-refractivity contribution in [3.05, 3.63) is 17.5 Å². The highest BCUT2D eigenvalue weighted by Gasteiger charge is 2.40. The lowest BCUT2D eigenvalue weighted by molar-refractivity contribution is -0.141. The molecule has 1 aliphatic heterocycles. The predicted molar refractivity (Wildman–Crippen MR) is 78.8 cm³/mol. The molecule has 0 radical (unpaired) electrons. The summed E-state index contributed by atoms with van der Waals surface area (Å²) in [6, 6.07) is 4.57. The summed E-state index contributed by atoms with van der Waals surface area (Å²) < 4.78 is 40.0. The topological polar surface area (TPSA) is 85.7 Å². The zero-order valence-corrected chi connectivity index (χ0v) is 13.3. The zero-order chi connectivity index (χ0) is 18.2. The van der Waals surface area contributed by atoms with Gasteiger partial charge in [0.25, 0.3) is 5.91 Å². The van der Waals surface area contributed by atoms with E-state index in [-0.39, 0.29) is 17.7 Å². The molecule has 9 heteroatoms. The minimum absolute atomic E-state index is 0.0367. The molecule has 0 spiro atoms. The number of hydrogen-bond donors (Lipinski definition) is 0. The fourth-order valence-electron chi connectivity index (χ4n) is 3.13. The van der Waals surface area contributed by atoms with Crippen LogP contribution < -0.4 is 0 Å². The minimum Gasteiger partial charge on any atom is -0.337 e. The maximum Gasteiger partial charge on any atom is 0.435 e. The number of nitriles is 2. The van der Waals surface area contributed by atoms with Crippen molar-refractivity contribution in [2.75, 3.05) is 13.1 Å². The number of nitrogens with zero attached hydrogens (tertiary/aromatic N) is 5. The highest BCUT2D eigenvalue weighted by molar-refractivity contribution is 5.93. The number of carbonyl (C=O) groups is 1. The van der Waals surface area contributed by atoms with Crippen molar-refractivity contribution >= 4 is 5.91 Å². The molecule has 3 rings (SSSR count). The summed E-state index contributed by atoms with van der Waals surface area (Å²) in [6.45, 7) is 0.640. The van der Waals surface area contributed by atoms with Crippen LogP contribution in [0.3, 0.4) is 0 Å². The van der Waals surface area contributed by atoms with Crippen molar-refractivity contribution in [3.63, 3.8) is 0 Å². The summed E-state index contributed by atoms with van der Waals surface area (Å²) in [7, 11) is 0. The van der Waals surface area contributed by atoms with Gasteiger partial charge in [-0.25, -0.2) is 0 Å². The molecule has 1 aromatic rings. The Morgan fingerprint density at radius 2 is 1.80 bits per heavy atom. The van der Waals surface area contributed by atoms with Crippen molar-refractivity contribution in [2.45, 2.75) is 37.9 Å². The van der Waals surface area contributed by atoms with Gasteiger partial charge < -0.3 is 4.90 Å². The number of hydrogen-bond acceptors (Lipinski definition) is 4. The standard InChI is InChI=1S/C16H16F3N5O/c17-16(18,19)14-7-13(24(22-14)12-1-2-12)15(25)23-5-3-10(4-6-23)11(8-20)9-21/h7,10-12H,1-6H2. The summed E-state index contributed by atoms with van der Waals surface area (Å²) in [5, 5.41) is 21.5. The number of aromatic nitrogens is 2. The Kier molecular flexibility index (Phi) is 4.42. The van der Waals surface area contributed by atoms with Crippen LogP contribution in [-0.4, -0.2) is 33.7 Å². The van der Waals surface area contributed by atoms with Gasteiger partial charge in [-0.05, 0) is 31.6 Å². The van der Waals surface area contributed by atoms with E-state index in [9.17, 15) is 18.0 Å². The highest BCUT2D eigenvalue weighted by Crippen LogP contribution is 2.38. The third kappa shape index (κ3) is 3.46. The summed E-state index contributed by atoms with van der Waals surface area (Å²) >= 11 is 0. The van der Waals surface area contributed by atoms with E-state index in [1.165, 1.54) is 9.58 Å². The van der Waals surface area contributed by atoms with Gasteiger partial charge in [0.1, 0.15) is 11.6 Å². The van der Waals surface area contributed by atoms with Gasteiger partial charge >= 0.3 is 6.18 Å². The smallest absolute Gasteiger partial charge is 0.337 e. The molecule has 1 saturated carbocycles. The molecule has 0 N–H and O–H groups in total. The Morgan fingerprint density at radius 1 is 1.20 bits per heavy atom. The molecule has 1 saturated heterocycles. The quantitative estimate of drug-likeness (QED) is 0.838. The molecule has 6 nitrogen and oxygen atoms in total. The number of alkyl halides is 3. The molecule has 0 unspecified atom stereocenters. The third-order valence-electron chi connectivity index (χ3n) is 4.71. The molecular weight excluding hydrogens is 335 g/mol. The van der Waals surface area contributed by atoms with Crippen LogP contribution in [0.1, 0.15) is 47.9 Å². The Morgan fingerprint density at radius 3 is 2.28 bits per heavy atom. The van der Waals surface area contributed by atoms with Crippen molar-refractivity contribution in [2.24, 2.45) is 11.8 Å². The number of likely N-dealkylation sites (tertiary alicyclic amines) is 1. The first-order valence-corrected chi connectivity index (χ1v) is 8.10. The van der Waals surface area contributed by atoms with E-state index in [0.29, 0.717) is 38.8 Å². The fraction of sp³-hybridized carbons (Fsp3) is 0.625. The number of amides is 1. The van der Waals surface area contributed by atoms with Crippen molar-refractivity contribution in [1.82, 2.24) is 14.7 Å². The molecule has 0 bridgehead atoms. The van der Waals surface area contributed by atoms with Gasteiger partial charge in [-0.2, -0.15) is 28.8 Å². The van der Waals surface area contributed by atoms with Gasteiger partial charge in [-0.1, -0.05) is 0 Å². The molecular formula is C16H16F3N5O. The zero-order valence-electron chi connectivity index (χ0n) is 13.3. The lowest BCUT2D eigenvalue weighted by Crippen LogP contribution is -2.40. The number of carbonyl (C=O) groups excluding carboxylic acids is 1. The van der Waals surface area contributed by atoms with Crippen molar-refractivity contribution in [3.8, 4) is 12.1 Å². The van der Waals surface area contributed by atoms with E-state index in [2.05, 4.69) is 5.10 Å². The second-order valence-corrected chi connectivity index (χ2v) is 6.45. The van der Waals surface area contributed by atoms with E-state index in [4.69, 9.17) is 10.5 Å². The lowest BCUT2D eigenvalue weighted by atomic mass is 9.86. The second-order valence-electron chi connectivity index (χ2n) is 6.45. The Labute approximate surface area is 142 Å². The monoisotopic (exact) mass is 351 g/mol. The van der Waals surface area contributed by atoms with Gasteiger partial charge in [-0.3, -0.25) is 9.48 Å². The van der Waals surface area contributed by atoms with Crippen LogP contribution in [-0.2, 0) is 6.18 Å². The Hall–Kier alpha value is -2.55. The van der Waals surface area contributed by atoms with Crippen LogP contribution in [0, 0.1) is 34.5 Å². The normalized spacial score (nSPS) is 18.9. The van der Waals surface area contributed by atoms with Crippen LogP contribution in [0.5, 0.6) is 0 Å². The molecule has 2 aliphatic rings. The molecule has 132 valence electrons. The number of piperidine rings is 1. The maximum absolute atomic E-state index is 12.9. The molecule has 0 aromatic carbocycles. The fourth-order valence-corrected chi connectivity index (χ4v) is 3.13. The molecule has 0 atom stereocenters. The summed E-state index contributed by atoms with van der Waals surface area (Å²) in [5.41, 5.74) is -1.09. The van der Waals surface area contributed by atoms with Gasteiger partial charge in [0, 0.05) is 19.2 Å². The first-order chi connectivity index (χ1) is 11.8. The van der Waals surface area contributed by atoms with Crippen molar-refractivity contribution in [1.29, 1.82) is 10.5 Å². The molecule has 25 heavy (non-hydrogen) atoms. The average molecular weight is 351 g/mol. The summed E-state index contributed by atoms with van der Waals surface area (Å²) in [4.78, 5) is 14.2. The first-order valence-electron chi connectivity index (χ1n) is 8.10. The SMILES string of the molecule is N#CC(C#N)C1CCN(C(=O)c2cc(C(F)(F)F)nn2C2CC2)CC1. The van der Waals surface area contributed by atoms with Crippen LogP contribution >= 0.6 is 0 Å². The Balaban J connectivity index is 1.75. The summed E-state index contributed by atoms with van der Waals surface area (Å²) in [5.74, 6) is -1.30. The van der Waals surface area contributed by atoms with Crippen LogP contribution in [0.4, 0.5) is 13.2 Å². The van der Waals surface area contributed by atoms with Crippen molar-refractivity contribution < 1.29 is 18.0 Å². The first kappa shape index (κ1) is 17.3. The van der Waals surface area contributed by atoms with E-state index >= 15 is 0 Å². The van der Waals surface area contributed by atoms with Gasteiger partial charge in [0.15, 0.2) is 5.69 Å². The second kappa shape index (κ2) is 6.40. The van der Waals surface area contributed by atoms with Gasteiger partial charge in [0.2, 0.25) is 0 Å². The van der Waals surface area contributed by atoms with Gasteiger partial charge in [0.05, 0.1) is 18.2 Å².